The number of nitrogens with zero attached hydrogens (tertiary/aromatic N) is 2. The van der Waals surface area contributed by atoms with Crippen molar-refractivity contribution in [3.05, 3.63) is 83.8 Å². The number of benzene rings is 2. The van der Waals surface area contributed by atoms with Crippen LogP contribution in [0.4, 0.5) is 0 Å². The Balaban J connectivity index is 1.99. The van der Waals surface area contributed by atoms with E-state index in [1.54, 1.807) is 24.3 Å². The molecule has 1 heterocycles. The minimum atomic E-state index is -0.548. The number of nitrogens with one attached hydrogen (secondary N) is 1. The topological polar surface area (TPSA) is 70.4 Å². The van der Waals surface area contributed by atoms with Crippen LogP contribution in [0.15, 0.2) is 52.3 Å². The molecular weight excluding hydrogens is 429 g/mol. The molecule has 0 aliphatic rings. The first kappa shape index (κ1) is 19.6. The first-order chi connectivity index (χ1) is 12.9. The molecule has 27 heavy (non-hydrogen) atoms. The fraction of sp³-hybridized carbons (Fsp3) is 0.0556. The van der Waals surface area contributed by atoms with Crippen molar-refractivity contribution < 1.29 is 5.11 Å². The van der Waals surface area contributed by atoms with E-state index in [9.17, 15) is 9.90 Å². The molecule has 3 aromatic rings. The highest BCUT2D eigenvalue weighted by Gasteiger charge is 2.13. The van der Waals surface area contributed by atoms with E-state index < -0.39 is 5.56 Å². The predicted octanol–water partition coefficient (Wildman–Crippen LogP) is 5.18. The second-order valence-electron chi connectivity index (χ2n) is 5.53. The van der Waals surface area contributed by atoms with Crippen molar-refractivity contribution >= 4 is 53.2 Å². The summed E-state index contributed by atoms with van der Waals surface area (Å²) in [7, 11) is 0. The smallest absolute Gasteiger partial charge is 0.264 e. The minimum Gasteiger partial charge on any atom is -0.494 e. The van der Waals surface area contributed by atoms with E-state index in [1.807, 2.05) is 12.1 Å². The standard InChI is InChI=1S/C18H12Cl3N3O2S/c19-11-3-1-10(2-4-11)8-22-9-13-16(25)23-18(27)24(17(13)26)12-5-6-14(20)15(21)7-12/h1-7,9,26H,8H2,(H,23,25,27). The monoisotopic (exact) mass is 439 g/mol. The van der Waals surface area contributed by atoms with Crippen LogP contribution in [0.1, 0.15) is 11.1 Å². The lowest BCUT2D eigenvalue weighted by atomic mass is 10.2. The molecule has 0 aliphatic carbocycles. The van der Waals surface area contributed by atoms with Crippen LogP contribution in [0.3, 0.4) is 0 Å². The number of aliphatic imine (C=N–C) groups is 1. The molecule has 0 spiro atoms. The second-order valence-corrected chi connectivity index (χ2v) is 7.16. The molecule has 0 atom stereocenters. The van der Waals surface area contributed by atoms with Gasteiger partial charge in [0.2, 0.25) is 5.88 Å². The first-order valence-electron chi connectivity index (χ1n) is 7.65. The van der Waals surface area contributed by atoms with Gasteiger partial charge in [0.15, 0.2) is 4.77 Å². The summed E-state index contributed by atoms with van der Waals surface area (Å²) in [5.74, 6) is -0.345. The summed E-state index contributed by atoms with van der Waals surface area (Å²) >= 11 is 23.0. The van der Waals surface area contributed by atoms with Crippen molar-refractivity contribution in [2.75, 3.05) is 0 Å². The molecule has 1 aromatic heterocycles. The quantitative estimate of drug-likeness (QED) is 0.434. The summed E-state index contributed by atoms with van der Waals surface area (Å²) in [4.78, 5) is 18.9. The summed E-state index contributed by atoms with van der Waals surface area (Å²) < 4.78 is 1.30. The van der Waals surface area contributed by atoms with Crippen molar-refractivity contribution in [1.82, 2.24) is 9.55 Å². The van der Waals surface area contributed by atoms with Crippen molar-refractivity contribution in [3.63, 3.8) is 0 Å². The first-order valence-corrected chi connectivity index (χ1v) is 9.19. The van der Waals surface area contributed by atoms with Gasteiger partial charge in [-0.25, -0.2) is 0 Å². The Morgan fingerprint density at radius 2 is 1.81 bits per heavy atom. The molecule has 0 aliphatic heterocycles. The zero-order valence-electron chi connectivity index (χ0n) is 13.6. The van der Waals surface area contributed by atoms with Gasteiger partial charge in [-0.3, -0.25) is 19.3 Å². The molecule has 0 unspecified atom stereocenters. The van der Waals surface area contributed by atoms with Gasteiger partial charge in [0.1, 0.15) is 5.56 Å². The van der Waals surface area contributed by atoms with E-state index in [2.05, 4.69) is 9.98 Å². The molecular formula is C18H12Cl3N3O2S. The summed E-state index contributed by atoms with van der Waals surface area (Å²) in [5.41, 5.74) is 0.789. The van der Waals surface area contributed by atoms with Gasteiger partial charge in [-0.05, 0) is 48.1 Å². The van der Waals surface area contributed by atoms with Gasteiger partial charge in [0.05, 0.1) is 22.3 Å². The van der Waals surface area contributed by atoms with Crippen LogP contribution in [0, 0.1) is 4.77 Å². The number of rotatable bonds is 4. The zero-order chi connectivity index (χ0) is 19.6. The van der Waals surface area contributed by atoms with Crippen LogP contribution in [0.25, 0.3) is 5.69 Å². The number of aromatic amines is 1. The highest BCUT2D eigenvalue weighted by molar-refractivity contribution is 7.71. The molecule has 0 amide bonds. The van der Waals surface area contributed by atoms with E-state index in [4.69, 9.17) is 47.0 Å². The van der Waals surface area contributed by atoms with Gasteiger partial charge in [-0.2, -0.15) is 0 Å². The van der Waals surface area contributed by atoms with Crippen molar-refractivity contribution in [2.45, 2.75) is 6.54 Å². The average molecular weight is 441 g/mol. The zero-order valence-corrected chi connectivity index (χ0v) is 16.7. The van der Waals surface area contributed by atoms with Crippen LogP contribution >= 0.6 is 47.0 Å². The Morgan fingerprint density at radius 1 is 1.11 bits per heavy atom. The van der Waals surface area contributed by atoms with Crippen molar-refractivity contribution in [1.29, 1.82) is 0 Å². The van der Waals surface area contributed by atoms with E-state index >= 15 is 0 Å². The normalized spacial score (nSPS) is 11.2. The third-order valence-corrected chi connectivity index (χ3v) is 4.97. The number of halogens is 3. The van der Waals surface area contributed by atoms with Gasteiger partial charge in [0, 0.05) is 11.2 Å². The molecule has 9 heteroatoms. The Morgan fingerprint density at radius 3 is 2.48 bits per heavy atom. The van der Waals surface area contributed by atoms with Gasteiger partial charge in [0.25, 0.3) is 5.56 Å². The molecule has 138 valence electrons. The van der Waals surface area contributed by atoms with E-state index in [0.29, 0.717) is 27.3 Å². The Bertz CT molecular complexity index is 1140. The highest BCUT2D eigenvalue weighted by atomic mass is 35.5. The molecule has 2 N–H and O–H groups in total. The Labute approximate surface area is 174 Å². The summed E-state index contributed by atoms with van der Waals surface area (Å²) in [6, 6.07) is 11.9. The van der Waals surface area contributed by atoms with Gasteiger partial charge < -0.3 is 5.11 Å². The third kappa shape index (κ3) is 4.42. The maximum absolute atomic E-state index is 12.2. The maximum atomic E-state index is 12.2. The van der Waals surface area contributed by atoms with Gasteiger partial charge >= 0.3 is 0 Å². The van der Waals surface area contributed by atoms with Crippen LogP contribution < -0.4 is 5.56 Å². The molecule has 3 rings (SSSR count). The summed E-state index contributed by atoms with van der Waals surface area (Å²) in [6.45, 7) is 0.318. The fourth-order valence-electron chi connectivity index (χ4n) is 2.35. The van der Waals surface area contributed by atoms with Gasteiger partial charge in [-0.15, -0.1) is 0 Å². The maximum Gasteiger partial charge on any atom is 0.264 e. The molecule has 5 nitrogen and oxygen atoms in total. The number of hydrogen-bond donors (Lipinski definition) is 2. The SMILES string of the molecule is O=c1[nH]c(=S)n(-c2ccc(Cl)c(Cl)c2)c(O)c1C=NCc1ccc(Cl)cc1. The molecule has 0 saturated heterocycles. The molecule has 0 fully saturated rings. The Hall–Kier alpha value is -2.12. The van der Waals surface area contributed by atoms with E-state index in [0.717, 1.165) is 5.56 Å². The van der Waals surface area contributed by atoms with Gasteiger partial charge in [-0.1, -0.05) is 46.9 Å². The predicted molar refractivity (Wildman–Crippen MR) is 112 cm³/mol. The fourth-order valence-corrected chi connectivity index (χ4v) is 3.05. The van der Waals surface area contributed by atoms with E-state index in [1.165, 1.54) is 16.8 Å². The van der Waals surface area contributed by atoms with Crippen LogP contribution in [0.2, 0.25) is 15.1 Å². The Kier molecular flexibility index (Phi) is 6.01. The van der Waals surface area contributed by atoms with Crippen LogP contribution in [-0.2, 0) is 6.54 Å². The minimum absolute atomic E-state index is 0.0192. The molecule has 2 aromatic carbocycles. The molecule has 0 bridgehead atoms. The number of aromatic nitrogens is 2. The average Bonchev–Trinajstić information content (AvgIpc) is 2.62. The van der Waals surface area contributed by atoms with Crippen LogP contribution in [0.5, 0.6) is 5.88 Å². The molecule has 0 saturated carbocycles. The van der Waals surface area contributed by atoms with Crippen molar-refractivity contribution in [2.24, 2.45) is 4.99 Å². The summed E-state index contributed by atoms with van der Waals surface area (Å²) in [6.07, 6.45) is 1.30. The van der Waals surface area contributed by atoms with Crippen molar-refractivity contribution in [3.8, 4) is 11.6 Å². The lowest BCUT2D eigenvalue weighted by Gasteiger charge is -2.12. The number of hydrogen-bond acceptors (Lipinski definition) is 4. The van der Waals surface area contributed by atoms with Crippen LogP contribution in [-0.4, -0.2) is 20.9 Å². The second kappa shape index (κ2) is 8.27. The molecule has 0 radical (unpaired) electrons. The summed E-state index contributed by atoms with van der Waals surface area (Å²) in [5, 5.41) is 11.9. The number of aromatic hydroxyl groups is 1. The largest absolute Gasteiger partial charge is 0.494 e. The number of H-pyrrole nitrogens is 1. The highest BCUT2D eigenvalue weighted by Crippen LogP contribution is 2.27. The lowest BCUT2D eigenvalue weighted by molar-refractivity contribution is 0.432. The third-order valence-electron chi connectivity index (χ3n) is 3.69. The van der Waals surface area contributed by atoms with E-state index in [-0.39, 0.29) is 16.2 Å². The lowest BCUT2D eigenvalue weighted by Crippen LogP contribution is -2.18.